The normalized spacial score (nSPS) is 10.2. The van der Waals surface area contributed by atoms with Crippen molar-refractivity contribution in [1.29, 1.82) is 0 Å². The molecular formula is C20H20ClNO5. The molecule has 0 bridgehead atoms. The number of hydrogen-bond acceptors (Lipinski definition) is 5. The van der Waals surface area contributed by atoms with Gasteiger partial charge in [0.15, 0.2) is 11.6 Å². The fourth-order valence-corrected chi connectivity index (χ4v) is 2.58. The molecule has 6 nitrogen and oxygen atoms in total. The highest BCUT2D eigenvalue weighted by molar-refractivity contribution is 6.31. The van der Waals surface area contributed by atoms with Gasteiger partial charge in [0.05, 0.1) is 26.3 Å². The zero-order valence-corrected chi connectivity index (χ0v) is 15.8. The zero-order valence-electron chi connectivity index (χ0n) is 15.1. The van der Waals surface area contributed by atoms with Crippen LogP contribution in [0.5, 0.6) is 11.5 Å². The fraction of sp³-hybridized carbons (Fsp3) is 0.250. The Kier molecular flexibility index (Phi) is 7.37. The van der Waals surface area contributed by atoms with Crippen molar-refractivity contribution in [1.82, 2.24) is 5.32 Å². The largest absolute Gasteiger partial charge is 0.497 e. The molecule has 0 spiro atoms. The second-order valence-electron chi connectivity index (χ2n) is 5.70. The van der Waals surface area contributed by atoms with Crippen LogP contribution in [0.2, 0.25) is 5.02 Å². The number of ketones is 2. The molecule has 0 unspecified atom stereocenters. The Bertz CT molecular complexity index is 833. The number of nitrogens with one attached hydrogen (secondary N) is 1. The summed E-state index contributed by atoms with van der Waals surface area (Å²) in [5.74, 6) is 0.177. The van der Waals surface area contributed by atoms with Gasteiger partial charge in [-0.25, -0.2) is 0 Å². The molecule has 0 radical (unpaired) electrons. The summed E-state index contributed by atoms with van der Waals surface area (Å²) in [6.45, 7) is -0.139. The van der Waals surface area contributed by atoms with Crippen molar-refractivity contribution < 1.29 is 23.9 Å². The van der Waals surface area contributed by atoms with E-state index in [-0.39, 0.29) is 36.9 Å². The summed E-state index contributed by atoms with van der Waals surface area (Å²) in [7, 11) is 2.99. The lowest BCUT2D eigenvalue weighted by molar-refractivity contribution is -0.120. The number of benzene rings is 2. The second-order valence-corrected chi connectivity index (χ2v) is 6.13. The van der Waals surface area contributed by atoms with Crippen LogP contribution < -0.4 is 14.8 Å². The summed E-state index contributed by atoms with van der Waals surface area (Å²) in [4.78, 5) is 36.3. The molecule has 0 aromatic heterocycles. The molecule has 2 rings (SSSR count). The molecule has 142 valence electrons. The number of Topliss-reactive ketones (excluding diaryl/α,β-unsaturated/α-hetero) is 2. The van der Waals surface area contributed by atoms with E-state index in [4.69, 9.17) is 21.1 Å². The van der Waals surface area contributed by atoms with Gasteiger partial charge in [-0.1, -0.05) is 11.6 Å². The first-order valence-electron chi connectivity index (χ1n) is 8.25. The van der Waals surface area contributed by atoms with Crippen molar-refractivity contribution in [3.05, 3.63) is 58.6 Å². The summed E-state index contributed by atoms with van der Waals surface area (Å²) in [6, 6.07) is 11.3. The number of amides is 1. The van der Waals surface area contributed by atoms with Gasteiger partial charge in [0.25, 0.3) is 0 Å². The number of methoxy groups -OCH3 is 2. The summed E-state index contributed by atoms with van der Waals surface area (Å²) in [6.07, 6.45) is -0.0519. The average Bonchev–Trinajstić information content (AvgIpc) is 2.70. The Morgan fingerprint density at radius 3 is 2.26 bits per heavy atom. The molecule has 0 heterocycles. The first kappa shape index (κ1) is 20.5. The molecule has 0 atom stereocenters. The number of hydrogen-bond donors (Lipinski definition) is 1. The Hall–Kier alpha value is -2.86. The molecular weight excluding hydrogens is 370 g/mol. The minimum absolute atomic E-state index is 0.0146. The van der Waals surface area contributed by atoms with Crippen molar-refractivity contribution in [2.45, 2.75) is 12.8 Å². The molecule has 1 amide bonds. The highest BCUT2D eigenvalue weighted by Crippen LogP contribution is 2.24. The SMILES string of the molecule is COc1ccc(C(=O)CNC(=O)CCC(=O)c2cc(Cl)ccc2OC)cc1. The van der Waals surface area contributed by atoms with Gasteiger partial charge in [-0.3, -0.25) is 14.4 Å². The third-order valence-corrected chi connectivity index (χ3v) is 4.13. The molecule has 0 aliphatic rings. The van der Waals surface area contributed by atoms with Gasteiger partial charge in [0.2, 0.25) is 5.91 Å². The van der Waals surface area contributed by atoms with Gasteiger partial charge in [0, 0.05) is 23.4 Å². The van der Waals surface area contributed by atoms with E-state index in [0.717, 1.165) is 0 Å². The van der Waals surface area contributed by atoms with Crippen molar-refractivity contribution >= 4 is 29.1 Å². The molecule has 7 heteroatoms. The smallest absolute Gasteiger partial charge is 0.220 e. The monoisotopic (exact) mass is 389 g/mol. The predicted molar refractivity (Wildman–Crippen MR) is 102 cm³/mol. The lowest BCUT2D eigenvalue weighted by Crippen LogP contribution is -2.29. The third-order valence-electron chi connectivity index (χ3n) is 3.90. The lowest BCUT2D eigenvalue weighted by atomic mass is 10.1. The van der Waals surface area contributed by atoms with Crippen molar-refractivity contribution in [3.8, 4) is 11.5 Å². The van der Waals surface area contributed by atoms with Gasteiger partial charge in [-0.15, -0.1) is 0 Å². The van der Waals surface area contributed by atoms with Crippen LogP contribution in [0.1, 0.15) is 33.6 Å². The third kappa shape index (κ3) is 5.82. The van der Waals surface area contributed by atoms with Crippen LogP contribution in [0.4, 0.5) is 0 Å². The van der Waals surface area contributed by atoms with Gasteiger partial charge < -0.3 is 14.8 Å². The van der Waals surface area contributed by atoms with E-state index in [9.17, 15) is 14.4 Å². The van der Waals surface area contributed by atoms with Crippen LogP contribution >= 0.6 is 11.6 Å². The van der Waals surface area contributed by atoms with Gasteiger partial charge in [-0.05, 0) is 42.5 Å². The van der Waals surface area contributed by atoms with E-state index in [1.807, 2.05) is 0 Å². The number of ether oxygens (including phenoxy) is 2. The van der Waals surface area contributed by atoms with Crippen LogP contribution in [-0.4, -0.2) is 38.2 Å². The van der Waals surface area contributed by atoms with Crippen LogP contribution in [0, 0.1) is 0 Å². The maximum absolute atomic E-state index is 12.3. The van der Waals surface area contributed by atoms with E-state index in [2.05, 4.69) is 5.32 Å². The van der Waals surface area contributed by atoms with Crippen LogP contribution in [0.15, 0.2) is 42.5 Å². The van der Waals surface area contributed by atoms with E-state index in [0.29, 0.717) is 27.6 Å². The predicted octanol–water partition coefficient (Wildman–Crippen LogP) is 3.32. The Balaban J connectivity index is 1.84. The minimum atomic E-state index is -0.383. The van der Waals surface area contributed by atoms with E-state index in [1.165, 1.54) is 20.3 Å². The standard InChI is InChI=1S/C20H20ClNO5/c1-26-15-6-3-13(4-7-15)18(24)12-22-20(25)10-8-17(23)16-11-14(21)5-9-19(16)27-2/h3-7,9,11H,8,10,12H2,1-2H3,(H,22,25). The summed E-state index contributed by atoms with van der Waals surface area (Å²) in [5.41, 5.74) is 0.794. The van der Waals surface area contributed by atoms with Crippen LogP contribution in [0.25, 0.3) is 0 Å². The summed E-state index contributed by atoms with van der Waals surface area (Å²) >= 11 is 5.91. The maximum atomic E-state index is 12.3. The molecule has 0 aliphatic heterocycles. The molecule has 0 aliphatic carbocycles. The highest BCUT2D eigenvalue weighted by Gasteiger charge is 2.15. The lowest BCUT2D eigenvalue weighted by Gasteiger charge is -2.08. The molecule has 1 N–H and O–H groups in total. The minimum Gasteiger partial charge on any atom is -0.497 e. The number of carbonyl (C=O) groups is 3. The maximum Gasteiger partial charge on any atom is 0.220 e. The van der Waals surface area contributed by atoms with Crippen LogP contribution in [0.3, 0.4) is 0 Å². The van der Waals surface area contributed by atoms with Gasteiger partial charge in [0.1, 0.15) is 11.5 Å². The number of rotatable bonds is 9. The fourth-order valence-electron chi connectivity index (χ4n) is 2.41. The Morgan fingerprint density at radius 2 is 1.63 bits per heavy atom. The summed E-state index contributed by atoms with van der Waals surface area (Å²) < 4.78 is 10.2. The highest BCUT2D eigenvalue weighted by atomic mass is 35.5. The topological polar surface area (TPSA) is 81.7 Å². The second kappa shape index (κ2) is 9.73. The molecule has 2 aromatic carbocycles. The molecule has 0 fully saturated rings. The van der Waals surface area contributed by atoms with Gasteiger partial charge in [-0.2, -0.15) is 0 Å². The Labute approximate surface area is 162 Å². The van der Waals surface area contributed by atoms with Crippen LogP contribution in [-0.2, 0) is 4.79 Å². The molecule has 0 saturated carbocycles. The number of halogens is 1. The summed E-state index contributed by atoms with van der Waals surface area (Å²) in [5, 5.41) is 2.94. The molecule has 27 heavy (non-hydrogen) atoms. The van der Waals surface area contributed by atoms with E-state index < -0.39 is 0 Å². The van der Waals surface area contributed by atoms with Crippen molar-refractivity contribution in [3.63, 3.8) is 0 Å². The molecule has 2 aromatic rings. The van der Waals surface area contributed by atoms with E-state index in [1.54, 1.807) is 36.4 Å². The van der Waals surface area contributed by atoms with Crippen molar-refractivity contribution in [2.75, 3.05) is 20.8 Å². The van der Waals surface area contributed by atoms with Crippen molar-refractivity contribution in [2.24, 2.45) is 0 Å². The average molecular weight is 390 g/mol. The first-order chi connectivity index (χ1) is 12.9. The quantitative estimate of drug-likeness (QED) is 0.665. The zero-order chi connectivity index (χ0) is 19.8. The van der Waals surface area contributed by atoms with E-state index >= 15 is 0 Å². The van der Waals surface area contributed by atoms with Gasteiger partial charge >= 0.3 is 0 Å². The Morgan fingerprint density at radius 1 is 0.926 bits per heavy atom. The molecule has 0 saturated heterocycles. The number of carbonyl (C=O) groups excluding carboxylic acids is 3. The first-order valence-corrected chi connectivity index (χ1v) is 8.63.